The van der Waals surface area contributed by atoms with E-state index in [1.807, 2.05) is 0 Å². The fourth-order valence-corrected chi connectivity index (χ4v) is 1.87. The lowest BCUT2D eigenvalue weighted by molar-refractivity contribution is -0.136. The van der Waals surface area contributed by atoms with Gasteiger partial charge in [0.25, 0.3) is 0 Å². The number of nitrogens with zero attached hydrogens (tertiary/aromatic N) is 3. The molecular weight excluding hydrogens is 246 g/mol. The number of aromatic nitrogens is 3. The number of methoxy groups -OCH3 is 2. The minimum absolute atomic E-state index is 0.0288. The van der Waals surface area contributed by atoms with Crippen molar-refractivity contribution in [1.29, 1.82) is 0 Å². The van der Waals surface area contributed by atoms with Gasteiger partial charge in [0.1, 0.15) is 0 Å². The largest absolute Gasteiger partial charge is 0.481 e. The molecule has 1 aromatic heterocycles. The molecule has 0 radical (unpaired) electrons. The zero-order chi connectivity index (χ0) is 12.8. The smallest absolute Gasteiger partial charge is 0.323 e. The maximum absolute atomic E-state index is 10.5. The van der Waals surface area contributed by atoms with Gasteiger partial charge in [0.15, 0.2) is 5.16 Å². The van der Waals surface area contributed by atoms with Gasteiger partial charge in [0, 0.05) is 5.25 Å². The van der Waals surface area contributed by atoms with Crippen LogP contribution in [-0.2, 0) is 4.79 Å². The van der Waals surface area contributed by atoms with Gasteiger partial charge in [-0.3, -0.25) is 4.79 Å². The van der Waals surface area contributed by atoms with E-state index in [0.717, 1.165) is 0 Å². The van der Waals surface area contributed by atoms with Crippen LogP contribution in [0.1, 0.15) is 13.3 Å². The third-order valence-electron chi connectivity index (χ3n) is 1.71. The summed E-state index contributed by atoms with van der Waals surface area (Å²) in [6, 6.07) is 0.281. The summed E-state index contributed by atoms with van der Waals surface area (Å²) >= 11 is 1.23. The highest BCUT2D eigenvalue weighted by Gasteiger charge is 2.14. The Morgan fingerprint density at radius 1 is 1.29 bits per heavy atom. The molecule has 1 N–H and O–H groups in total. The van der Waals surface area contributed by atoms with Crippen molar-refractivity contribution in [2.24, 2.45) is 0 Å². The molecule has 17 heavy (non-hydrogen) atoms. The van der Waals surface area contributed by atoms with Gasteiger partial charge in [-0.1, -0.05) is 18.7 Å². The van der Waals surface area contributed by atoms with Crippen LogP contribution in [0.5, 0.6) is 12.0 Å². The molecule has 1 unspecified atom stereocenters. The lowest BCUT2D eigenvalue weighted by atomic mass is 10.3. The molecule has 0 saturated heterocycles. The molecule has 1 aromatic rings. The Labute approximate surface area is 103 Å². The Morgan fingerprint density at radius 3 is 2.24 bits per heavy atom. The fourth-order valence-electron chi connectivity index (χ4n) is 1.02. The second-order valence-electron chi connectivity index (χ2n) is 3.12. The maximum atomic E-state index is 10.5. The highest BCUT2D eigenvalue weighted by Crippen LogP contribution is 2.24. The van der Waals surface area contributed by atoms with Crippen molar-refractivity contribution in [3.05, 3.63) is 0 Å². The van der Waals surface area contributed by atoms with Gasteiger partial charge in [-0.05, 0) is 0 Å². The number of thioether (sulfide) groups is 1. The Morgan fingerprint density at radius 2 is 1.82 bits per heavy atom. The summed E-state index contributed by atoms with van der Waals surface area (Å²) in [6.07, 6.45) is 0.0288. The van der Waals surface area contributed by atoms with Crippen molar-refractivity contribution in [3.8, 4) is 12.0 Å². The van der Waals surface area contributed by atoms with Crippen LogP contribution in [-0.4, -0.2) is 45.5 Å². The van der Waals surface area contributed by atoms with E-state index in [-0.39, 0.29) is 23.7 Å². The van der Waals surface area contributed by atoms with E-state index in [1.165, 1.54) is 26.0 Å². The predicted octanol–water partition coefficient (Wildman–Crippen LogP) is 0.844. The molecular formula is C9H13N3O4S. The molecule has 1 rings (SSSR count). The highest BCUT2D eigenvalue weighted by molar-refractivity contribution is 7.99. The second kappa shape index (κ2) is 6.24. The van der Waals surface area contributed by atoms with Crippen molar-refractivity contribution >= 4 is 17.7 Å². The summed E-state index contributed by atoms with van der Waals surface area (Å²) in [5.74, 6) is -0.863. The first-order chi connectivity index (χ1) is 8.05. The van der Waals surface area contributed by atoms with E-state index in [2.05, 4.69) is 15.0 Å². The Hall–Kier alpha value is -1.57. The normalized spacial score (nSPS) is 11.9. The standard InChI is InChI=1S/C9H13N3O4S/c1-5(4-6(13)14)17-9-11-7(15-2)10-8(12-9)16-3/h5H,4H2,1-3H3,(H,13,14). The Kier molecular flexibility index (Phi) is 4.95. The molecule has 94 valence electrons. The molecule has 1 heterocycles. The first-order valence-corrected chi connectivity index (χ1v) is 5.65. The number of hydrogen-bond acceptors (Lipinski definition) is 7. The highest BCUT2D eigenvalue weighted by atomic mass is 32.2. The SMILES string of the molecule is COc1nc(OC)nc(SC(C)CC(=O)O)n1. The van der Waals surface area contributed by atoms with E-state index in [1.54, 1.807) is 6.92 Å². The number of carboxylic acids is 1. The van der Waals surface area contributed by atoms with Crippen molar-refractivity contribution < 1.29 is 19.4 Å². The molecule has 7 nitrogen and oxygen atoms in total. The van der Waals surface area contributed by atoms with E-state index in [0.29, 0.717) is 5.16 Å². The summed E-state index contributed by atoms with van der Waals surface area (Å²) < 4.78 is 9.78. The number of ether oxygens (including phenoxy) is 2. The zero-order valence-corrected chi connectivity index (χ0v) is 10.5. The van der Waals surface area contributed by atoms with E-state index in [4.69, 9.17) is 14.6 Å². The Balaban J connectivity index is 2.79. The fraction of sp³-hybridized carbons (Fsp3) is 0.556. The first kappa shape index (κ1) is 13.5. The third kappa shape index (κ3) is 4.43. The van der Waals surface area contributed by atoms with Gasteiger partial charge < -0.3 is 14.6 Å². The number of rotatable bonds is 6. The topological polar surface area (TPSA) is 94.4 Å². The molecule has 0 aromatic carbocycles. The average Bonchev–Trinajstić information content (AvgIpc) is 2.27. The molecule has 0 bridgehead atoms. The van der Waals surface area contributed by atoms with Crippen LogP contribution < -0.4 is 9.47 Å². The van der Waals surface area contributed by atoms with Gasteiger partial charge in [-0.2, -0.15) is 9.97 Å². The third-order valence-corrected chi connectivity index (χ3v) is 2.67. The van der Waals surface area contributed by atoms with Crippen molar-refractivity contribution in [2.45, 2.75) is 23.8 Å². The van der Waals surface area contributed by atoms with E-state index in [9.17, 15) is 4.79 Å². The van der Waals surface area contributed by atoms with Gasteiger partial charge in [-0.15, -0.1) is 4.98 Å². The van der Waals surface area contributed by atoms with Gasteiger partial charge >= 0.3 is 18.0 Å². The van der Waals surface area contributed by atoms with Crippen molar-refractivity contribution in [1.82, 2.24) is 15.0 Å². The van der Waals surface area contributed by atoms with Crippen LogP contribution in [0.4, 0.5) is 0 Å². The van der Waals surface area contributed by atoms with Crippen LogP contribution >= 0.6 is 11.8 Å². The van der Waals surface area contributed by atoms with Crippen LogP contribution in [0, 0.1) is 0 Å². The molecule has 8 heteroatoms. The van der Waals surface area contributed by atoms with Crippen molar-refractivity contribution in [3.63, 3.8) is 0 Å². The molecule has 0 fully saturated rings. The summed E-state index contributed by atoms with van der Waals surface area (Å²) in [7, 11) is 2.87. The molecule has 0 amide bonds. The lowest BCUT2D eigenvalue weighted by Gasteiger charge is -2.08. The number of carbonyl (C=O) groups is 1. The van der Waals surface area contributed by atoms with Crippen LogP contribution in [0.2, 0.25) is 0 Å². The summed E-state index contributed by atoms with van der Waals surface area (Å²) in [5.41, 5.74) is 0. The Bertz CT molecular complexity index is 380. The van der Waals surface area contributed by atoms with Crippen molar-refractivity contribution in [2.75, 3.05) is 14.2 Å². The monoisotopic (exact) mass is 259 g/mol. The molecule has 0 aliphatic carbocycles. The summed E-state index contributed by atoms with van der Waals surface area (Å²) in [5, 5.41) is 8.88. The minimum atomic E-state index is -0.863. The first-order valence-electron chi connectivity index (χ1n) is 4.77. The summed E-state index contributed by atoms with van der Waals surface area (Å²) in [6.45, 7) is 1.78. The predicted molar refractivity (Wildman–Crippen MR) is 60.5 cm³/mol. The van der Waals surface area contributed by atoms with E-state index >= 15 is 0 Å². The molecule has 0 aliphatic heterocycles. The molecule has 0 saturated carbocycles. The van der Waals surface area contributed by atoms with Gasteiger partial charge in [-0.25, -0.2) is 0 Å². The van der Waals surface area contributed by atoms with Gasteiger partial charge in [0.05, 0.1) is 20.6 Å². The zero-order valence-electron chi connectivity index (χ0n) is 9.71. The average molecular weight is 259 g/mol. The quantitative estimate of drug-likeness (QED) is 0.751. The molecule has 0 aliphatic rings. The lowest BCUT2D eigenvalue weighted by Crippen LogP contribution is -2.07. The van der Waals surface area contributed by atoms with Crippen LogP contribution in [0.15, 0.2) is 5.16 Å². The second-order valence-corrected chi connectivity index (χ2v) is 4.52. The molecule has 1 atom stereocenters. The maximum Gasteiger partial charge on any atom is 0.323 e. The number of carboxylic acid groups (broad SMARTS) is 1. The summed E-state index contributed by atoms with van der Waals surface area (Å²) in [4.78, 5) is 22.4. The number of aliphatic carboxylic acids is 1. The molecule has 0 spiro atoms. The van der Waals surface area contributed by atoms with E-state index < -0.39 is 5.97 Å². The minimum Gasteiger partial charge on any atom is -0.481 e. The van der Waals surface area contributed by atoms with Crippen LogP contribution in [0.25, 0.3) is 0 Å². The van der Waals surface area contributed by atoms with Crippen LogP contribution in [0.3, 0.4) is 0 Å². The number of hydrogen-bond donors (Lipinski definition) is 1. The van der Waals surface area contributed by atoms with Gasteiger partial charge in [0.2, 0.25) is 0 Å².